The minimum Gasteiger partial charge on any atom is -0.494 e. The van der Waals surface area contributed by atoms with Crippen LogP contribution in [0.2, 0.25) is 0 Å². The summed E-state index contributed by atoms with van der Waals surface area (Å²) in [5.41, 5.74) is 6.53. The molecule has 6 nitrogen and oxygen atoms in total. The second-order valence-corrected chi connectivity index (χ2v) is 5.08. The molecule has 110 valence electrons. The third kappa shape index (κ3) is 3.39. The zero-order valence-corrected chi connectivity index (χ0v) is 11.7. The fourth-order valence-corrected chi connectivity index (χ4v) is 2.75. The molecule has 20 heavy (non-hydrogen) atoms. The molecule has 0 heterocycles. The molecule has 1 aromatic rings. The van der Waals surface area contributed by atoms with Crippen LogP contribution in [0.15, 0.2) is 18.2 Å². The normalized spacial score (nSPS) is 21.7. The maximum absolute atomic E-state index is 11.0. The SMILES string of the molecule is CCOc1cc(NC2CCCC2CN)cc([N+](=O)[O-])c1. The van der Waals surface area contributed by atoms with Gasteiger partial charge in [-0.25, -0.2) is 0 Å². The fourth-order valence-electron chi connectivity index (χ4n) is 2.75. The number of ether oxygens (including phenoxy) is 1. The molecule has 0 radical (unpaired) electrons. The first-order valence-corrected chi connectivity index (χ1v) is 7.03. The average molecular weight is 279 g/mol. The summed E-state index contributed by atoms with van der Waals surface area (Å²) in [6.45, 7) is 2.98. The van der Waals surface area contributed by atoms with Gasteiger partial charge < -0.3 is 15.8 Å². The highest BCUT2D eigenvalue weighted by atomic mass is 16.6. The number of nitrogens with zero attached hydrogens (tertiary/aromatic N) is 1. The highest BCUT2D eigenvalue weighted by Crippen LogP contribution is 2.31. The van der Waals surface area contributed by atoms with E-state index in [0.29, 0.717) is 24.8 Å². The maximum atomic E-state index is 11.0. The number of nitro groups is 1. The summed E-state index contributed by atoms with van der Waals surface area (Å²) in [4.78, 5) is 10.6. The Hall–Kier alpha value is -1.82. The van der Waals surface area contributed by atoms with E-state index in [-0.39, 0.29) is 11.7 Å². The molecule has 0 saturated heterocycles. The van der Waals surface area contributed by atoms with Crippen LogP contribution in [0.1, 0.15) is 26.2 Å². The van der Waals surface area contributed by atoms with E-state index < -0.39 is 4.92 Å². The van der Waals surface area contributed by atoms with E-state index in [1.807, 2.05) is 13.0 Å². The maximum Gasteiger partial charge on any atom is 0.275 e. The van der Waals surface area contributed by atoms with E-state index in [4.69, 9.17) is 10.5 Å². The molecule has 0 amide bonds. The number of rotatable bonds is 6. The van der Waals surface area contributed by atoms with E-state index in [9.17, 15) is 10.1 Å². The number of non-ortho nitro benzene ring substituents is 1. The molecular formula is C14H21N3O3. The Morgan fingerprint density at radius 3 is 2.90 bits per heavy atom. The number of nitrogens with one attached hydrogen (secondary N) is 1. The van der Waals surface area contributed by atoms with Gasteiger partial charge in [-0.3, -0.25) is 10.1 Å². The van der Waals surface area contributed by atoms with Crippen molar-refractivity contribution in [1.29, 1.82) is 0 Å². The Morgan fingerprint density at radius 2 is 2.25 bits per heavy atom. The van der Waals surface area contributed by atoms with Crippen molar-refractivity contribution in [1.82, 2.24) is 0 Å². The minimum atomic E-state index is -0.400. The zero-order chi connectivity index (χ0) is 14.5. The van der Waals surface area contributed by atoms with Crippen molar-refractivity contribution in [3.05, 3.63) is 28.3 Å². The predicted molar refractivity (Wildman–Crippen MR) is 78.1 cm³/mol. The third-order valence-corrected chi connectivity index (χ3v) is 3.73. The van der Waals surface area contributed by atoms with Gasteiger partial charge in [-0.2, -0.15) is 0 Å². The molecule has 1 aromatic carbocycles. The summed E-state index contributed by atoms with van der Waals surface area (Å²) in [7, 11) is 0. The fraction of sp³-hybridized carbons (Fsp3) is 0.571. The molecule has 0 aromatic heterocycles. The van der Waals surface area contributed by atoms with E-state index in [2.05, 4.69) is 5.32 Å². The van der Waals surface area contributed by atoms with Crippen molar-refractivity contribution in [3.8, 4) is 5.75 Å². The van der Waals surface area contributed by atoms with Crippen LogP contribution in [0, 0.1) is 16.0 Å². The van der Waals surface area contributed by atoms with Gasteiger partial charge in [-0.05, 0) is 32.2 Å². The summed E-state index contributed by atoms with van der Waals surface area (Å²) in [6, 6.07) is 5.09. The lowest BCUT2D eigenvalue weighted by atomic mass is 10.0. The van der Waals surface area contributed by atoms with E-state index in [1.165, 1.54) is 6.07 Å². The first-order chi connectivity index (χ1) is 9.63. The van der Waals surface area contributed by atoms with Crippen molar-refractivity contribution >= 4 is 11.4 Å². The molecule has 6 heteroatoms. The van der Waals surface area contributed by atoms with Gasteiger partial charge >= 0.3 is 0 Å². The zero-order valence-electron chi connectivity index (χ0n) is 11.7. The quantitative estimate of drug-likeness (QED) is 0.617. The van der Waals surface area contributed by atoms with Crippen molar-refractivity contribution in [2.24, 2.45) is 11.7 Å². The van der Waals surface area contributed by atoms with Crippen LogP contribution in [0.25, 0.3) is 0 Å². The second-order valence-electron chi connectivity index (χ2n) is 5.08. The molecule has 0 bridgehead atoms. The smallest absolute Gasteiger partial charge is 0.275 e. The van der Waals surface area contributed by atoms with Crippen molar-refractivity contribution in [2.45, 2.75) is 32.2 Å². The number of nitro benzene ring substituents is 1. The number of anilines is 1. The van der Waals surface area contributed by atoms with Crippen LogP contribution in [0.3, 0.4) is 0 Å². The largest absolute Gasteiger partial charge is 0.494 e. The third-order valence-electron chi connectivity index (χ3n) is 3.73. The second kappa shape index (κ2) is 6.56. The summed E-state index contributed by atoms with van der Waals surface area (Å²) >= 11 is 0. The summed E-state index contributed by atoms with van der Waals surface area (Å²) in [5.74, 6) is 0.955. The van der Waals surface area contributed by atoms with Crippen LogP contribution in [-0.4, -0.2) is 24.1 Å². The van der Waals surface area contributed by atoms with Crippen LogP contribution in [-0.2, 0) is 0 Å². The highest BCUT2D eigenvalue weighted by molar-refractivity contribution is 5.57. The summed E-state index contributed by atoms with van der Waals surface area (Å²) < 4.78 is 5.39. The lowest BCUT2D eigenvalue weighted by Gasteiger charge is -2.21. The minimum absolute atomic E-state index is 0.0424. The van der Waals surface area contributed by atoms with Gasteiger partial charge in [-0.1, -0.05) is 6.42 Å². The highest BCUT2D eigenvalue weighted by Gasteiger charge is 2.26. The molecule has 2 rings (SSSR count). The van der Waals surface area contributed by atoms with E-state index >= 15 is 0 Å². The van der Waals surface area contributed by atoms with Crippen LogP contribution in [0.4, 0.5) is 11.4 Å². The number of hydrogen-bond acceptors (Lipinski definition) is 5. The van der Waals surface area contributed by atoms with Crippen molar-refractivity contribution in [2.75, 3.05) is 18.5 Å². The van der Waals surface area contributed by atoms with Gasteiger partial charge in [0.05, 0.1) is 17.6 Å². The molecule has 2 atom stereocenters. The van der Waals surface area contributed by atoms with Gasteiger partial charge in [0.25, 0.3) is 5.69 Å². The molecule has 1 fully saturated rings. The first kappa shape index (κ1) is 14.6. The van der Waals surface area contributed by atoms with E-state index in [1.54, 1.807) is 6.07 Å². The average Bonchev–Trinajstić information content (AvgIpc) is 2.86. The van der Waals surface area contributed by atoms with Gasteiger partial charge in [0.15, 0.2) is 0 Å². The number of benzene rings is 1. The molecule has 0 aliphatic heterocycles. The molecule has 2 unspecified atom stereocenters. The molecule has 1 aliphatic rings. The molecule has 1 aliphatic carbocycles. The topological polar surface area (TPSA) is 90.4 Å². The van der Waals surface area contributed by atoms with Crippen LogP contribution in [0.5, 0.6) is 5.75 Å². The Balaban J connectivity index is 2.19. The Bertz CT molecular complexity index is 479. The van der Waals surface area contributed by atoms with Crippen LogP contribution < -0.4 is 15.8 Å². The predicted octanol–water partition coefficient (Wildman–Crippen LogP) is 2.53. The van der Waals surface area contributed by atoms with Gasteiger partial charge in [0.1, 0.15) is 5.75 Å². The van der Waals surface area contributed by atoms with Gasteiger partial charge in [0, 0.05) is 23.9 Å². The Labute approximate surface area is 118 Å². The Morgan fingerprint density at radius 1 is 1.45 bits per heavy atom. The number of hydrogen-bond donors (Lipinski definition) is 2. The first-order valence-electron chi connectivity index (χ1n) is 7.03. The lowest BCUT2D eigenvalue weighted by molar-refractivity contribution is -0.384. The lowest BCUT2D eigenvalue weighted by Crippen LogP contribution is -2.29. The van der Waals surface area contributed by atoms with E-state index in [0.717, 1.165) is 24.9 Å². The van der Waals surface area contributed by atoms with Crippen molar-refractivity contribution < 1.29 is 9.66 Å². The number of nitrogens with two attached hydrogens (primary N) is 1. The van der Waals surface area contributed by atoms with Crippen molar-refractivity contribution in [3.63, 3.8) is 0 Å². The van der Waals surface area contributed by atoms with Crippen LogP contribution >= 0.6 is 0 Å². The molecule has 1 saturated carbocycles. The standard InChI is InChI=1S/C14H21N3O3/c1-2-20-13-7-11(6-12(8-13)17(18)19)16-14-5-3-4-10(14)9-15/h6-8,10,14,16H,2-5,9,15H2,1H3. The Kier molecular flexibility index (Phi) is 4.79. The molecule has 0 spiro atoms. The van der Waals surface area contributed by atoms with Gasteiger partial charge in [0.2, 0.25) is 0 Å². The van der Waals surface area contributed by atoms with Gasteiger partial charge in [-0.15, -0.1) is 0 Å². The monoisotopic (exact) mass is 279 g/mol. The summed E-state index contributed by atoms with van der Waals surface area (Å²) in [5, 5.41) is 14.3. The molecular weight excluding hydrogens is 258 g/mol. The summed E-state index contributed by atoms with van der Waals surface area (Å²) in [6.07, 6.45) is 3.31. The molecule has 3 N–H and O–H groups in total.